The zero-order chi connectivity index (χ0) is 14.3. The molecule has 3 unspecified atom stereocenters. The topological polar surface area (TPSA) is 46.2 Å². The maximum absolute atomic E-state index is 12.4. The lowest BCUT2D eigenvalue weighted by Crippen LogP contribution is -2.32. The van der Waals surface area contributed by atoms with Crippen molar-refractivity contribution in [2.75, 3.05) is 6.54 Å². The van der Waals surface area contributed by atoms with Gasteiger partial charge in [0.05, 0.1) is 4.90 Å². The summed E-state index contributed by atoms with van der Waals surface area (Å²) in [5, 5.41) is 0. The molecule has 2 saturated carbocycles. The largest absolute Gasteiger partial charge is 0.240 e. The Hall–Kier alpha value is -0.390. The van der Waals surface area contributed by atoms with E-state index in [1.807, 2.05) is 19.1 Å². The minimum absolute atomic E-state index is 0.384. The molecular weight excluding hydrogens is 338 g/mol. The second-order valence-corrected chi connectivity index (χ2v) is 8.85. The molecule has 3 rings (SSSR count). The van der Waals surface area contributed by atoms with Crippen molar-refractivity contribution in [3.8, 4) is 0 Å². The van der Waals surface area contributed by atoms with Crippen molar-refractivity contribution in [2.45, 2.75) is 37.5 Å². The summed E-state index contributed by atoms with van der Waals surface area (Å²) in [7, 11) is -3.40. The van der Waals surface area contributed by atoms with E-state index in [9.17, 15) is 8.42 Å². The number of hydrogen-bond donors (Lipinski definition) is 1. The second kappa shape index (κ2) is 5.43. The number of aryl methyl sites for hydroxylation is 1. The maximum Gasteiger partial charge on any atom is 0.240 e. The molecule has 20 heavy (non-hydrogen) atoms. The van der Waals surface area contributed by atoms with Crippen LogP contribution in [0.1, 0.15) is 31.2 Å². The molecule has 1 aromatic rings. The number of halogens is 1. The van der Waals surface area contributed by atoms with Crippen LogP contribution in [0.3, 0.4) is 0 Å². The first kappa shape index (κ1) is 14.5. The number of hydrogen-bond acceptors (Lipinski definition) is 2. The van der Waals surface area contributed by atoms with Crippen LogP contribution in [0.5, 0.6) is 0 Å². The minimum atomic E-state index is -3.40. The SMILES string of the molecule is Cc1ccc(Br)cc1S(=O)(=O)NCC1CC2CCC1C2. The predicted octanol–water partition coefficient (Wildman–Crippen LogP) is 3.47. The van der Waals surface area contributed by atoms with Crippen molar-refractivity contribution in [2.24, 2.45) is 17.8 Å². The van der Waals surface area contributed by atoms with Crippen LogP contribution in [-0.4, -0.2) is 15.0 Å². The normalized spacial score (nSPS) is 29.0. The fourth-order valence-electron chi connectivity index (χ4n) is 3.78. The van der Waals surface area contributed by atoms with E-state index in [-0.39, 0.29) is 0 Å². The molecule has 1 N–H and O–H groups in total. The lowest BCUT2D eigenvalue weighted by Gasteiger charge is -2.22. The predicted molar refractivity (Wildman–Crippen MR) is 83.0 cm³/mol. The molecule has 110 valence electrons. The molecule has 1 aromatic carbocycles. The number of benzene rings is 1. The fourth-order valence-corrected chi connectivity index (χ4v) is 5.66. The van der Waals surface area contributed by atoms with Crippen LogP contribution in [0.25, 0.3) is 0 Å². The minimum Gasteiger partial charge on any atom is -0.211 e. The van der Waals surface area contributed by atoms with Gasteiger partial charge in [0.2, 0.25) is 10.0 Å². The van der Waals surface area contributed by atoms with Crippen LogP contribution in [0.2, 0.25) is 0 Å². The Bertz CT molecular complexity index is 614. The zero-order valence-corrected chi connectivity index (χ0v) is 14.0. The molecule has 0 aromatic heterocycles. The third-order valence-electron chi connectivity index (χ3n) is 4.86. The standard InChI is InChI=1S/C15H20BrNO2S/c1-10-2-5-14(16)8-15(10)20(18,19)17-9-13-7-11-3-4-12(13)6-11/h2,5,8,11-13,17H,3-4,6-7,9H2,1H3. The highest BCUT2D eigenvalue weighted by atomic mass is 79.9. The molecule has 0 heterocycles. The van der Waals surface area contributed by atoms with E-state index in [0.29, 0.717) is 17.4 Å². The van der Waals surface area contributed by atoms with Crippen molar-refractivity contribution in [1.29, 1.82) is 0 Å². The molecule has 2 aliphatic carbocycles. The monoisotopic (exact) mass is 357 g/mol. The van der Waals surface area contributed by atoms with Crippen molar-refractivity contribution >= 4 is 26.0 Å². The van der Waals surface area contributed by atoms with Gasteiger partial charge in [0.1, 0.15) is 0 Å². The molecule has 3 atom stereocenters. The quantitative estimate of drug-likeness (QED) is 0.896. The van der Waals surface area contributed by atoms with Crippen molar-refractivity contribution in [1.82, 2.24) is 4.72 Å². The second-order valence-electron chi connectivity index (χ2n) is 6.20. The van der Waals surface area contributed by atoms with Crippen molar-refractivity contribution in [3.63, 3.8) is 0 Å². The molecule has 0 saturated heterocycles. The van der Waals surface area contributed by atoms with Gasteiger partial charge in [0, 0.05) is 11.0 Å². The average molecular weight is 358 g/mol. The van der Waals surface area contributed by atoms with Gasteiger partial charge in [0.25, 0.3) is 0 Å². The molecule has 2 fully saturated rings. The number of sulfonamides is 1. The highest BCUT2D eigenvalue weighted by molar-refractivity contribution is 9.10. The molecular formula is C15H20BrNO2S. The molecule has 2 aliphatic rings. The van der Waals surface area contributed by atoms with E-state index in [2.05, 4.69) is 20.7 Å². The maximum atomic E-state index is 12.4. The van der Waals surface area contributed by atoms with E-state index in [1.165, 1.54) is 25.7 Å². The third-order valence-corrected chi connectivity index (χ3v) is 6.92. The summed E-state index contributed by atoms with van der Waals surface area (Å²) < 4.78 is 28.5. The molecule has 0 spiro atoms. The van der Waals surface area contributed by atoms with Gasteiger partial charge in [-0.05, 0) is 61.6 Å². The smallest absolute Gasteiger partial charge is 0.211 e. The molecule has 0 amide bonds. The van der Waals surface area contributed by atoms with E-state index < -0.39 is 10.0 Å². The Balaban J connectivity index is 1.71. The highest BCUT2D eigenvalue weighted by Gasteiger charge is 2.39. The van der Waals surface area contributed by atoms with Crippen LogP contribution in [-0.2, 0) is 10.0 Å². The summed E-state index contributed by atoms with van der Waals surface area (Å²) in [6, 6.07) is 5.37. The number of nitrogens with one attached hydrogen (secondary N) is 1. The number of rotatable bonds is 4. The van der Waals surface area contributed by atoms with Crippen LogP contribution >= 0.6 is 15.9 Å². The highest BCUT2D eigenvalue weighted by Crippen LogP contribution is 2.48. The van der Waals surface area contributed by atoms with Gasteiger partial charge in [0.15, 0.2) is 0 Å². The Morgan fingerprint density at radius 1 is 1.30 bits per heavy atom. The molecule has 0 radical (unpaired) electrons. The van der Waals surface area contributed by atoms with E-state index in [1.54, 1.807) is 6.07 Å². The first-order valence-electron chi connectivity index (χ1n) is 7.21. The third kappa shape index (κ3) is 2.81. The summed E-state index contributed by atoms with van der Waals surface area (Å²) in [4.78, 5) is 0.384. The van der Waals surface area contributed by atoms with Crippen molar-refractivity contribution < 1.29 is 8.42 Å². The van der Waals surface area contributed by atoms with Gasteiger partial charge in [-0.3, -0.25) is 0 Å². The molecule has 5 heteroatoms. The molecule has 2 bridgehead atoms. The van der Waals surface area contributed by atoms with Crippen LogP contribution in [0.4, 0.5) is 0 Å². The Kier molecular flexibility index (Phi) is 3.95. The van der Waals surface area contributed by atoms with E-state index in [4.69, 9.17) is 0 Å². The van der Waals surface area contributed by atoms with E-state index >= 15 is 0 Å². The van der Waals surface area contributed by atoms with Crippen LogP contribution in [0, 0.1) is 24.7 Å². The first-order valence-corrected chi connectivity index (χ1v) is 9.49. The lowest BCUT2D eigenvalue weighted by molar-refractivity contribution is 0.333. The van der Waals surface area contributed by atoms with Crippen LogP contribution in [0.15, 0.2) is 27.6 Å². The van der Waals surface area contributed by atoms with Gasteiger partial charge in [-0.2, -0.15) is 0 Å². The summed E-state index contributed by atoms with van der Waals surface area (Å²) in [6.07, 6.45) is 5.14. The zero-order valence-electron chi connectivity index (χ0n) is 11.6. The number of fused-ring (bicyclic) bond motifs is 2. The summed E-state index contributed by atoms with van der Waals surface area (Å²) in [5.41, 5.74) is 0.786. The summed E-state index contributed by atoms with van der Waals surface area (Å²) in [5.74, 6) is 2.13. The lowest BCUT2D eigenvalue weighted by atomic mass is 9.89. The van der Waals surface area contributed by atoms with Gasteiger partial charge in [-0.25, -0.2) is 13.1 Å². The van der Waals surface area contributed by atoms with Gasteiger partial charge >= 0.3 is 0 Å². The summed E-state index contributed by atoms with van der Waals surface area (Å²) >= 11 is 3.34. The Morgan fingerprint density at radius 2 is 2.10 bits per heavy atom. The van der Waals surface area contributed by atoms with Gasteiger partial charge in [-0.15, -0.1) is 0 Å². The first-order chi connectivity index (χ1) is 9.45. The fraction of sp³-hybridized carbons (Fsp3) is 0.600. The Morgan fingerprint density at radius 3 is 2.75 bits per heavy atom. The summed E-state index contributed by atoms with van der Waals surface area (Å²) in [6.45, 7) is 2.42. The van der Waals surface area contributed by atoms with Crippen molar-refractivity contribution in [3.05, 3.63) is 28.2 Å². The van der Waals surface area contributed by atoms with Gasteiger partial charge < -0.3 is 0 Å². The Labute approximate surface area is 129 Å². The molecule has 3 nitrogen and oxygen atoms in total. The van der Waals surface area contributed by atoms with Crippen LogP contribution < -0.4 is 4.72 Å². The molecule has 0 aliphatic heterocycles. The van der Waals surface area contributed by atoms with E-state index in [0.717, 1.165) is 21.9 Å². The average Bonchev–Trinajstić information content (AvgIpc) is 3.01. The van der Waals surface area contributed by atoms with Gasteiger partial charge in [-0.1, -0.05) is 28.4 Å².